The molecule has 1 aromatic heterocycles. The summed E-state index contributed by atoms with van der Waals surface area (Å²) >= 11 is 5.84. The van der Waals surface area contributed by atoms with Crippen molar-refractivity contribution in [1.29, 1.82) is 0 Å². The van der Waals surface area contributed by atoms with E-state index in [4.69, 9.17) is 20.8 Å². The smallest absolute Gasteiger partial charge is 0.342 e. The summed E-state index contributed by atoms with van der Waals surface area (Å²) in [5, 5.41) is 18.0. The fraction of sp³-hybridized carbons (Fsp3) is 0.167. The average Bonchev–Trinajstić information content (AvgIpc) is 3.07. The van der Waals surface area contributed by atoms with Crippen LogP contribution in [0.2, 0.25) is 5.02 Å². The zero-order valence-corrected chi connectivity index (χ0v) is 14.3. The molecule has 7 heteroatoms. The molecule has 1 atom stereocenters. The number of ether oxygens (including phenoxy) is 1. The average molecular weight is 359 g/mol. The van der Waals surface area contributed by atoms with Crippen LogP contribution in [0.1, 0.15) is 34.8 Å². The third kappa shape index (κ3) is 3.80. The van der Waals surface area contributed by atoms with Gasteiger partial charge in [-0.2, -0.15) is 0 Å². The van der Waals surface area contributed by atoms with Crippen molar-refractivity contribution in [2.45, 2.75) is 20.0 Å². The molecule has 0 saturated heterocycles. The van der Waals surface area contributed by atoms with E-state index in [1.165, 1.54) is 18.2 Å². The Kier molecular flexibility index (Phi) is 4.72. The summed E-state index contributed by atoms with van der Waals surface area (Å²) in [7, 11) is 0. The molecule has 0 aliphatic rings. The molecule has 3 aromatic rings. The van der Waals surface area contributed by atoms with Crippen LogP contribution in [0.3, 0.4) is 0 Å². The highest BCUT2D eigenvalue weighted by Gasteiger charge is 2.22. The zero-order valence-electron chi connectivity index (χ0n) is 13.6. The minimum atomic E-state index is -0.780. The lowest BCUT2D eigenvalue weighted by Crippen LogP contribution is -2.09. The van der Waals surface area contributed by atoms with E-state index in [0.29, 0.717) is 10.9 Å². The second-order valence-corrected chi connectivity index (χ2v) is 5.96. The third-order valence-electron chi connectivity index (χ3n) is 3.55. The topological polar surface area (TPSA) is 85.5 Å². The van der Waals surface area contributed by atoms with Crippen molar-refractivity contribution in [3.05, 3.63) is 64.5 Å². The predicted molar refractivity (Wildman–Crippen MR) is 91.4 cm³/mol. The molecule has 6 nitrogen and oxygen atoms in total. The number of carbonyl (C=O) groups excluding carboxylic acids is 1. The van der Waals surface area contributed by atoms with Crippen LogP contribution in [0.4, 0.5) is 0 Å². The van der Waals surface area contributed by atoms with Crippen molar-refractivity contribution in [2.75, 3.05) is 0 Å². The van der Waals surface area contributed by atoms with Gasteiger partial charge in [-0.15, -0.1) is 10.2 Å². The molecule has 0 spiro atoms. The minimum absolute atomic E-state index is 0.0300. The van der Waals surface area contributed by atoms with E-state index < -0.39 is 12.1 Å². The minimum Gasteiger partial charge on any atom is -0.507 e. The second-order valence-electron chi connectivity index (χ2n) is 5.52. The lowest BCUT2D eigenvalue weighted by atomic mass is 10.1. The molecule has 0 aliphatic carbocycles. The van der Waals surface area contributed by atoms with Gasteiger partial charge in [0, 0.05) is 10.6 Å². The Balaban J connectivity index is 1.75. The largest absolute Gasteiger partial charge is 0.507 e. The van der Waals surface area contributed by atoms with Crippen molar-refractivity contribution < 1.29 is 19.1 Å². The third-order valence-corrected chi connectivity index (χ3v) is 3.78. The molecule has 1 N–H and O–H groups in total. The highest BCUT2D eigenvalue weighted by molar-refractivity contribution is 6.31. The molecule has 25 heavy (non-hydrogen) atoms. The number of carbonyl (C=O) groups is 1. The van der Waals surface area contributed by atoms with Crippen LogP contribution in [0.25, 0.3) is 11.5 Å². The predicted octanol–water partition coefficient (Wildman–Crippen LogP) is 4.32. The molecule has 1 heterocycles. The van der Waals surface area contributed by atoms with Gasteiger partial charge in [0.05, 0.1) is 0 Å². The van der Waals surface area contributed by atoms with Gasteiger partial charge in [0.15, 0.2) is 6.10 Å². The van der Waals surface area contributed by atoms with E-state index in [0.717, 1.165) is 11.1 Å². The van der Waals surface area contributed by atoms with Gasteiger partial charge in [-0.3, -0.25) is 0 Å². The Labute approximate surface area is 149 Å². The lowest BCUT2D eigenvalue weighted by molar-refractivity contribution is 0.0277. The zero-order chi connectivity index (χ0) is 18.0. The number of halogens is 1. The van der Waals surface area contributed by atoms with E-state index >= 15 is 0 Å². The normalized spacial score (nSPS) is 12.0. The van der Waals surface area contributed by atoms with E-state index in [1.54, 1.807) is 6.92 Å². The molecule has 0 radical (unpaired) electrons. The molecule has 0 unspecified atom stereocenters. The summed E-state index contributed by atoms with van der Waals surface area (Å²) in [6, 6.07) is 11.7. The molecular formula is C18H15ClN2O4. The van der Waals surface area contributed by atoms with Crippen LogP contribution < -0.4 is 0 Å². The molecule has 0 amide bonds. The maximum atomic E-state index is 12.2. The Morgan fingerprint density at radius 1 is 1.20 bits per heavy atom. The van der Waals surface area contributed by atoms with Gasteiger partial charge in [-0.25, -0.2) is 4.79 Å². The highest BCUT2D eigenvalue weighted by Crippen LogP contribution is 2.26. The summed E-state index contributed by atoms with van der Waals surface area (Å²) in [5.74, 6) is -0.455. The molecule has 3 rings (SSSR count). The van der Waals surface area contributed by atoms with Crippen molar-refractivity contribution in [1.82, 2.24) is 10.2 Å². The number of hydrogen-bond acceptors (Lipinski definition) is 6. The van der Waals surface area contributed by atoms with Gasteiger partial charge in [0.1, 0.15) is 11.3 Å². The molecule has 0 aliphatic heterocycles. The van der Waals surface area contributed by atoms with Crippen molar-refractivity contribution in [3.8, 4) is 17.2 Å². The Morgan fingerprint density at radius 2 is 1.92 bits per heavy atom. The van der Waals surface area contributed by atoms with Crippen molar-refractivity contribution in [3.63, 3.8) is 0 Å². The standard InChI is InChI=1S/C18H15ClN2O4/c1-10-3-5-12(6-4-10)17-21-20-16(25-17)11(2)24-18(23)14-9-13(19)7-8-15(14)22/h3-9,11,22H,1-2H3/t11-/m0/s1. The number of aryl methyl sites for hydroxylation is 1. The number of phenolic OH excluding ortho intramolecular Hbond substituents is 1. The summed E-state index contributed by atoms with van der Waals surface area (Å²) in [6.07, 6.45) is -0.780. The maximum absolute atomic E-state index is 12.2. The molecule has 0 fully saturated rings. The van der Waals surface area contributed by atoms with Crippen LogP contribution in [0, 0.1) is 6.92 Å². The van der Waals surface area contributed by atoms with E-state index in [-0.39, 0.29) is 17.2 Å². The fourth-order valence-electron chi connectivity index (χ4n) is 2.16. The number of esters is 1. The number of benzene rings is 2. The summed E-state index contributed by atoms with van der Waals surface area (Å²) in [4.78, 5) is 12.2. The second kappa shape index (κ2) is 6.94. The first-order valence-electron chi connectivity index (χ1n) is 7.54. The Hall–Kier alpha value is -2.86. The summed E-state index contributed by atoms with van der Waals surface area (Å²) in [6.45, 7) is 3.59. The number of nitrogens with zero attached hydrogens (tertiary/aromatic N) is 2. The molecule has 2 aromatic carbocycles. The Bertz CT molecular complexity index is 906. The monoisotopic (exact) mass is 358 g/mol. The lowest BCUT2D eigenvalue weighted by Gasteiger charge is -2.10. The van der Waals surface area contributed by atoms with Gasteiger partial charge in [0.25, 0.3) is 5.89 Å². The number of rotatable bonds is 4. The molecule has 0 saturated carbocycles. The first-order chi connectivity index (χ1) is 11.9. The molecule has 0 bridgehead atoms. The van der Waals surface area contributed by atoms with E-state index in [1.807, 2.05) is 31.2 Å². The van der Waals surface area contributed by atoms with E-state index in [2.05, 4.69) is 10.2 Å². The van der Waals surface area contributed by atoms with Crippen LogP contribution >= 0.6 is 11.6 Å². The van der Waals surface area contributed by atoms with Gasteiger partial charge >= 0.3 is 5.97 Å². The number of aromatic nitrogens is 2. The van der Waals surface area contributed by atoms with E-state index in [9.17, 15) is 9.90 Å². The SMILES string of the molecule is Cc1ccc(-c2nnc([C@H](C)OC(=O)c3cc(Cl)ccc3O)o2)cc1. The summed E-state index contributed by atoms with van der Waals surface area (Å²) < 4.78 is 10.8. The molecule has 128 valence electrons. The number of aromatic hydroxyl groups is 1. The first-order valence-corrected chi connectivity index (χ1v) is 7.92. The maximum Gasteiger partial charge on any atom is 0.342 e. The highest BCUT2D eigenvalue weighted by atomic mass is 35.5. The number of hydrogen-bond donors (Lipinski definition) is 1. The number of phenols is 1. The summed E-state index contributed by atoms with van der Waals surface area (Å²) in [5.41, 5.74) is 1.86. The van der Waals surface area contributed by atoms with Crippen molar-refractivity contribution in [2.24, 2.45) is 0 Å². The van der Waals surface area contributed by atoms with Crippen LogP contribution in [-0.4, -0.2) is 21.3 Å². The first kappa shape index (κ1) is 17.0. The quantitative estimate of drug-likeness (QED) is 0.699. The van der Waals surface area contributed by atoms with Crippen molar-refractivity contribution >= 4 is 17.6 Å². The van der Waals surface area contributed by atoms with Gasteiger partial charge < -0.3 is 14.3 Å². The van der Waals surface area contributed by atoms with Gasteiger partial charge in [-0.1, -0.05) is 29.3 Å². The Morgan fingerprint density at radius 3 is 2.64 bits per heavy atom. The van der Waals surface area contributed by atoms with Crippen LogP contribution in [0.15, 0.2) is 46.9 Å². The van der Waals surface area contributed by atoms with Crippen LogP contribution in [-0.2, 0) is 4.74 Å². The molecular weight excluding hydrogens is 344 g/mol. The fourth-order valence-corrected chi connectivity index (χ4v) is 2.33. The van der Waals surface area contributed by atoms with Gasteiger partial charge in [-0.05, 0) is 44.2 Å². The van der Waals surface area contributed by atoms with Gasteiger partial charge in [0.2, 0.25) is 5.89 Å². The van der Waals surface area contributed by atoms with Crippen LogP contribution in [0.5, 0.6) is 5.75 Å².